The van der Waals surface area contributed by atoms with Gasteiger partial charge in [-0.1, -0.05) is 213 Å². The van der Waals surface area contributed by atoms with E-state index in [1.54, 1.807) is 0 Å². The minimum atomic E-state index is 0.837. The van der Waals surface area contributed by atoms with E-state index in [-0.39, 0.29) is 0 Å². The molecular weight excluding hydrogens is 749 g/mol. The lowest BCUT2D eigenvalue weighted by Gasteiger charge is -2.14. The van der Waals surface area contributed by atoms with E-state index in [9.17, 15) is 0 Å². The maximum absolute atomic E-state index is 5.30. The third-order valence-corrected chi connectivity index (χ3v) is 12.2. The van der Waals surface area contributed by atoms with Crippen LogP contribution in [0.2, 0.25) is 0 Å². The van der Waals surface area contributed by atoms with E-state index in [0.29, 0.717) is 0 Å². The summed E-state index contributed by atoms with van der Waals surface area (Å²) in [6.45, 7) is 13.4. The molecule has 0 radical (unpaired) electrons. The Morgan fingerprint density at radius 3 is 1.77 bits per heavy atom. The number of allylic oxidation sites excluding steroid dienone is 6. The Balaban J connectivity index is 1.06. The maximum atomic E-state index is 5.30. The molecule has 9 aromatic carbocycles. The molecule has 0 saturated carbocycles. The van der Waals surface area contributed by atoms with Crippen LogP contribution in [0.5, 0.6) is 0 Å². The van der Waals surface area contributed by atoms with Gasteiger partial charge in [0.05, 0.1) is 23.3 Å². The highest BCUT2D eigenvalue weighted by Crippen LogP contribution is 2.38. The molecular formula is C60H44N2. The zero-order valence-electron chi connectivity index (χ0n) is 34.9. The molecule has 294 valence electrons. The van der Waals surface area contributed by atoms with Crippen LogP contribution in [0.3, 0.4) is 0 Å². The summed E-state index contributed by atoms with van der Waals surface area (Å²) in [7, 11) is 0. The van der Waals surface area contributed by atoms with Crippen molar-refractivity contribution in [2.45, 2.75) is 13.8 Å². The summed E-state index contributed by atoms with van der Waals surface area (Å²) in [6, 6.07) is 62.1. The highest BCUT2D eigenvalue weighted by Gasteiger charge is 2.16. The standard InChI is InChI=1S/C60H44N2/c1-5-42(40(3)37-46-34-33-43-23-18-30-55-53-29-17-15-27-51(53)50-26-13-12-24-48(50)41(4)57(46)58(43)55)32-31-39(2)47-35-36-54(52-28-16-14-25-49(47)52)56-38-61-59(44-19-8-6-9-20-44)60(62-56)45-21-10-7-11-22-45/h5-38H,1,4H2,2-3H3/b39-31+,40-37+,42-32+. The Hall–Kier alpha value is -7.94. The van der Waals surface area contributed by atoms with Crippen LogP contribution in [-0.2, 0) is 0 Å². The Morgan fingerprint density at radius 2 is 1.08 bits per heavy atom. The monoisotopic (exact) mass is 792 g/mol. The van der Waals surface area contributed by atoms with Crippen molar-refractivity contribution in [1.82, 2.24) is 9.97 Å². The second-order valence-electron chi connectivity index (χ2n) is 15.9. The SMILES string of the molecule is C=CC(=C\C=C(/C)c1ccc(-c2cnc(-c3ccccc3)c(-c3ccccc3)n2)c2ccccc12)/C(C)=C/c1ccc2cccc3c4ccccc4c4ccccc4c(=C)c1c23. The van der Waals surface area contributed by atoms with Crippen LogP contribution in [0, 0.1) is 0 Å². The molecule has 1 heterocycles. The van der Waals surface area contributed by atoms with Crippen LogP contribution in [0.15, 0.2) is 218 Å². The maximum Gasteiger partial charge on any atom is 0.0972 e. The molecule has 10 rings (SSSR count). The molecule has 1 aromatic heterocycles. The summed E-state index contributed by atoms with van der Waals surface area (Å²) >= 11 is 0. The van der Waals surface area contributed by atoms with E-state index in [0.717, 1.165) is 88.4 Å². The quantitative estimate of drug-likeness (QED) is 0.143. The number of rotatable bonds is 8. The van der Waals surface area contributed by atoms with Gasteiger partial charge in [-0.25, -0.2) is 4.98 Å². The van der Waals surface area contributed by atoms with Crippen molar-refractivity contribution in [1.29, 1.82) is 0 Å². The summed E-state index contributed by atoms with van der Waals surface area (Å²) in [6.07, 6.45) is 10.6. The van der Waals surface area contributed by atoms with Crippen molar-refractivity contribution in [2.24, 2.45) is 0 Å². The van der Waals surface area contributed by atoms with Crippen molar-refractivity contribution >= 4 is 72.1 Å². The van der Waals surface area contributed by atoms with E-state index in [4.69, 9.17) is 16.5 Å². The van der Waals surface area contributed by atoms with Crippen LogP contribution >= 0.6 is 0 Å². The number of benzene rings is 8. The fraction of sp³-hybridized carbons (Fsp3) is 0.0333. The number of hydrogen-bond donors (Lipinski definition) is 0. The fourth-order valence-electron chi connectivity index (χ4n) is 9.11. The number of nitrogens with zero attached hydrogens (tertiary/aromatic N) is 2. The van der Waals surface area contributed by atoms with E-state index >= 15 is 0 Å². The minimum Gasteiger partial charge on any atom is -0.252 e. The number of fused-ring (bicyclic) bond motifs is 5. The molecule has 2 heteroatoms. The minimum absolute atomic E-state index is 0.837. The number of aromatic nitrogens is 2. The van der Waals surface area contributed by atoms with Crippen molar-refractivity contribution in [2.75, 3.05) is 0 Å². The van der Waals surface area contributed by atoms with Gasteiger partial charge in [-0.05, 0) is 101 Å². The Morgan fingerprint density at radius 1 is 0.500 bits per heavy atom. The normalized spacial score (nSPS) is 12.5. The van der Waals surface area contributed by atoms with E-state index in [2.05, 4.69) is 178 Å². The van der Waals surface area contributed by atoms with E-state index < -0.39 is 0 Å². The van der Waals surface area contributed by atoms with Gasteiger partial charge in [0.15, 0.2) is 0 Å². The van der Waals surface area contributed by atoms with Gasteiger partial charge in [-0.2, -0.15) is 0 Å². The second kappa shape index (κ2) is 16.3. The molecule has 0 aliphatic carbocycles. The molecule has 0 amide bonds. The van der Waals surface area contributed by atoms with Gasteiger partial charge in [-0.3, -0.25) is 4.98 Å². The van der Waals surface area contributed by atoms with E-state index in [1.165, 1.54) is 32.3 Å². The third-order valence-electron chi connectivity index (χ3n) is 12.2. The molecule has 0 aliphatic rings. The van der Waals surface area contributed by atoms with Crippen molar-refractivity contribution in [3.8, 4) is 33.8 Å². The molecule has 0 saturated heterocycles. The molecule has 0 atom stereocenters. The first-order valence-electron chi connectivity index (χ1n) is 21.1. The average Bonchev–Trinajstić information content (AvgIpc) is 3.33. The Kier molecular flexibility index (Phi) is 10.0. The molecule has 0 N–H and O–H groups in total. The molecule has 0 unspecified atom stereocenters. The molecule has 0 spiro atoms. The van der Waals surface area contributed by atoms with Gasteiger partial charge in [0, 0.05) is 16.7 Å². The smallest absolute Gasteiger partial charge is 0.0972 e. The van der Waals surface area contributed by atoms with Gasteiger partial charge in [0.25, 0.3) is 0 Å². The van der Waals surface area contributed by atoms with Gasteiger partial charge in [0.1, 0.15) is 0 Å². The average molecular weight is 793 g/mol. The zero-order chi connectivity index (χ0) is 42.2. The fourth-order valence-corrected chi connectivity index (χ4v) is 9.11. The number of hydrogen-bond acceptors (Lipinski definition) is 2. The molecule has 10 aromatic rings. The summed E-state index contributed by atoms with van der Waals surface area (Å²) in [4.78, 5) is 10.3. The first-order chi connectivity index (χ1) is 30.5. The van der Waals surface area contributed by atoms with Crippen molar-refractivity contribution in [3.63, 3.8) is 0 Å². The first-order valence-corrected chi connectivity index (χ1v) is 21.1. The topological polar surface area (TPSA) is 25.8 Å². The van der Waals surface area contributed by atoms with Crippen LogP contribution in [0.25, 0.3) is 106 Å². The van der Waals surface area contributed by atoms with Gasteiger partial charge >= 0.3 is 0 Å². The zero-order valence-corrected chi connectivity index (χ0v) is 34.9. The predicted octanol–water partition coefficient (Wildman–Crippen LogP) is 15.6. The van der Waals surface area contributed by atoms with Crippen LogP contribution in [0.4, 0.5) is 0 Å². The summed E-state index contributed by atoms with van der Waals surface area (Å²) in [5.41, 5.74) is 11.3. The Bertz CT molecular complexity index is 3560. The molecule has 62 heavy (non-hydrogen) atoms. The third kappa shape index (κ3) is 6.82. The Labute approximate surface area is 362 Å². The molecule has 0 aliphatic heterocycles. The summed E-state index contributed by atoms with van der Waals surface area (Å²) < 4.78 is 0. The van der Waals surface area contributed by atoms with Gasteiger partial charge in [-0.15, -0.1) is 0 Å². The predicted molar refractivity (Wildman–Crippen MR) is 267 cm³/mol. The van der Waals surface area contributed by atoms with Gasteiger partial charge in [0.2, 0.25) is 0 Å². The van der Waals surface area contributed by atoms with Crippen LogP contribution in [-0.4, -0.2) is 9.97 Å². The second-order valence-corrected chi connectivity index (χ2v) is 15.9. The lowest BCUT2D eigenvalue weighted by Crippen LogP contribution is -2.03. The lowest BCUT2D eigenvalue weighted by atomic mass is 9.90. The highest BCUT2D eigenvalue weighted by atomic mass is 14.8. The summed E-state index contributed by atoms with van der Waals surface area (Å²) in [5, 5.41) is 12.9. The molecule has 2 nitrogen and oxygen atoms in total. The van der Waals surface area contributed by atoms with Crippen molar-refractivity contribution < 1.29 is 0 Å². The van der Waals surface area contributed by atoms with E-state index in [1.807, 2.05) is 48.7 Å². The van der Waals surface area contributed by atoms with Crippen LogP contribution < -0.4 is 5.22 Å². The lowest BCUT2D eigenvalue weighted by molar-refractivity contribution is 1.21. The summed E-state index contributed by atoms with van der Waals surface area (Å²) in [5.74, 6) is 0. The first kappa shape index (κ1) is 38.3. The van der Waals surface area contributed by atoms with Crippen molar-refractivity contribution in [3.05, 3.63) is 234 Å². The largest absolute Gasteiger partial charge is 0.252 e. The molecule has 0 fully saturated rings. The molecule has 0 bridgehead atoms. The highest BCUT2D eigenvalue weighted by molar-refractivity contribution is 6.24. The van der Waals surface area contributed by atoms with Gasteiger partial charge < -0.3 is 0 Å². The van der Waals surface area contributed by atoms with Crippen LogP contribution in [0.1, 0.15) is 25.0 Å².